The Morgan fingerprint density at radius 3 is 2.50 bits per heavy atom. The SMILES string of the molecule is COC(=O)/C=c1\sc2n(c1=O)C(N)=C(C#N)[C@@H](c1ccc(F)cc1)C=2C(=O)Nc1ccc(C)c(C)c1. The highest BCUT2D eigenvalue weighted by Crippen LogP contribution is 2.36. The highest BCUT2D eigenvalue weighted by Gasteiger charge is 2.35. The van der Waals surface area contributed by atoms with Crippen molar-refractivity contribution in [2.24, 2.45) is 5.73 Å². The number of halogens is 1. The highest BCUT2D eigenvalue weighted by molar-refractivity contribution is 7.07. The first-order chi connectivity index (χ1) is 17.2. The van der Waals surface area contributed by atoms with Gasteiger partial charge in [-0.1, -0.05) is 18.2 Å². The number of nitrogens with zero attached hydrogens (tertiary/aromatic N) is 2. The maximum Gasteiger partial charge on any atom is 0.332 e. The minimum absolute atomic E-state index is 0.0201. The number of nitriles is 1. The van der Waals surface area contributed by atoms with E-state index < -0.39 is 29.2 Å². The number of thiazole rings is 1. The van der Waals surface area contributed by atoms with Gasteiger partial charge in [0.05, 0.1) is 30.2 Å². The van der Waals surface area contributed by atoms with Gasteiger partial charge in [0.2, 0.25) is 0 Å². The van der Waals surface area contributed by atoms with Gasteiger partial charge in [-0.15, -0.1) is 11.3 Å². The van der Waals surface area contributed by atoms with Gasteiger partial charge in [0.25, 0.3) is 11.5 Å². The number of allylic oxidation sites excluding steroid dienone is 1. The molecule has 2 aromatic carbocycles. The Morgan fingerprint density at radius 1 is 1.19 bits per heavy atom. The molecule has 2 heterocycles. The zero-order valence-electron chi connectivity index (χ0n) is 19.6. The number of nitrogens with two attached hydrogens (primary N) is 1. The number of fused-ring (bicyclic) bond motifs is 1. The van der Waals surface area contributed by atoms with Crippen molar-refractivity contribution in [2.45, 2.75) is 19.8 Å². The highest BCUT2D eigenvalue weighted by atomic mass is 32.1. The van der Waals surface area contributed by atoms with Gasteiger partial charge in [-0.25, -0.2) is 9.18 Å². The number of nitrogens with one attached hydrogen (secondary N) is 1. The number of methoxy groups -OCH3 is 1. The predicted molar refractivity (Wildman–Crippen MR) is 134 cm³/mol. The molecule has 182 valence electrons. The van der Waals surface area contributed by atoms with Crippen molar-refractivity contribution in [1.29, 1.82) is 5.26 Å². The lowest BCUT2D eigenvalue weighted by Gasteiger charge is -2.25. The Balaban J connectivity index is 2.04. The van der Waals surface area contributed by atoms with E-state index in [2.05, 4.69) is 10.1 Å². The molecule has 8 nitrogen and oxygen atoms in total. The molecule has 3 N–H and O–H groups in total. The quantitative estimate of drug-likeness (QED) is 0.522. The Morgan fingerprint density at radius 2 is 1.89 bits per heavy atom. The van der Waals surface area contributed by atoms with E-state index in [0.29, 0.717) is 11.3 Å². The van der Waals surface area contributed by atoms with Crippen molar-refractivity contribution < 1.29 is 18.7 Å². The average Bonchev–Trinajstić information content (AvgIpc) is 3.17. The van der Waals surface area contributed by atoms with Gasteiger partial charge in [-0.3, -0.25) is 14.2 Å². The van der Waals surface area contributed by atoms with Gasteiger partial charge in [0.1, 0.15) is 20.8 Å². The molecular weight excluding hydrogens is 483 g/mol. The first-order valence-corrected chi connectivity index (χ1v) is 11.6. The van der Waals surface area contributed by atoms with Crippen molar-refractivity contribution in [1.82, 2.24) is 4.57 Å². The molecule has 1 amide bonds. The number of aromatic nitrogens is 1. The first-order valence-electron chi connectivity index (χ1n) is 10.8. The van der Waals surface area contributed by atoms with Crippen LogP contribution >= 0.6 is 11.3 Å². The minimum atomic E-state index is -0.980. The van der Waals surface area contributed by atoms with Gasteiger partial charge < -0.3 is 15.8 Å². The number of carbonyl (C=O) groups excluding carboxylic acids is 2. The monoisotopic (exact) mass is 504 g/mol. The number of esters is 1. The Labute approximate surface area is 209 Å². The number of ether oxygens (including phenoxy) is 1. The van der Waals surface area contributed by atoms with Crippen LogP contribution in [0.2, 0.25) is 0 Å². The summed E-state index contributed by atoms with van der Waals surface area (Å²) in [7, 11) is 1.17. The first kappa shape index (κ1) is 24.6. The van der Waals surface area contributed by atoms with Gasteiger partial charge in [-0.05, 0) is 54.8 Å². The number of anilines is 1. The molecule has 0 saturated heterocycles. The topological polar surface area (TPSA) is 127 Å². The zero-order chi connectivity index (χ0) is 26.1. The Hall–Kier alpha value is -4.49. The number of carbonyl (C=O) groups is 2. The summed E-state index contributed by atoms with van der Waals surface area (Å²) in [5.74, 6) is -2.98. The molecule has 1 atom stereocenters. The van der Waals surface area contributed by atoms with Crippen LogP contribution in [0.3, 0.4) is 0 Å². The second-order valence-corrected chi connectivity index (χ2v) is 9.17. The summed E-state index contributed by atoms with van der Waals surface area (Å²) in [6.07, 6.45) is 1.00. The molecule has 0 unspecified atom stereocenters. The summed E-state index contributed by atoms with van der Waals surface area (Å²) in [6.45, 7) is 3.85. The fourth-order valence-corrected chi connectivity index (χ4v) is 5.07. The lowest BCUT2D eigenvalue weighted by molar-refractivity contribution is -0.133. The molecule has 1 aromatic heterocycles. The van der Waals surface area contributed by atoms with E-state index in [1.807, 2.05) is 26.0 Å². The molecule has 1 aliphatic heterocycles. The van der Waals surface area contributed by atoms with Gasteiger partial charge >= 0.3 is 5.97 Å². The van der Waals surface area contributed by atoms with Crippen molar-refractivity contribution in [2.75, 3.05) is 12.4 Å². The molecule has 4 rings (SSSR count). The number of benzene rings is 2. The normalized spacial score (nSPS) is 15.4. The van der Waals surface area contributed by atoms with Crippen LogP contribution in [-0.4, -0.2) is 23.6 Å². The van der Waals surface area contributed by atoms with Gasteiger partial charge in [0.15, 0.2) is 0 Å². The molecule has 0 fully saturated rings. The second kappa shape index (κ2) is 9.64. The molecule has 0 spiro atoms. The third-order valence-electron chi connectivity index (χ3n) is 5.93. The molecule has 0 bridgehead atoms. The van der Waals surface area contributed by atoms with Gasteiger partial charge in [-0.2, -0.15) is 5.26 Å². The van der Waals surface area contributed by atoms with Crippen LogP contribution in [0, 0.1) is 31.0 Å². The van der Waals surface area contributed by atoms with Crippen LogP contribution in [0.5, 0.6) is 0 Å². The van der Waals surface area contributed by atoms with E-state index >= 15 is 0 Å². The fraction of sp³-hybridized carbons (Fsp3) is 0.154. The van der Waals surface area contributed by atoms with E-state index in [-0.39, 0.29) is 26.2 Å². The fourth-order valence-electron chi connectivity index (χ4n) is 3.94. The van der Waals surface area contributed by atoms with E-state index in [0.717, 1.165) is 33.1 Å². The average molecular weight is 505 g/mol. The van der Waals surface area contributed by atoms with Crippen molar-refractivity contribution in [3.8, 4) is 6.07 Å². The lowest BCUT2D eigenvalue weighted by atomic mass is 9.83. The Bertz CT molecular complexity index is 1660. The maximum absolute atomic E-state index is 13.7. The molecule has 1 aliphatic rings. The van der Waals surface area contributed by atoms with E-state index in [1.54, 1.807) is 12.1 Å². The molecule has 0 radical (unpaired) electrons. The number of rotatable bonds is 4. The van der Waals surface area contributed by atoms with Crippen molar-refractivity contribution in [3.63, 3.8) is 0 Å². The van der Waals surface area contributed by atoms with Crippen LogP contribution in [0.25, 0.3) is 17.5 Å². The third kappa shape index (κ3) is 4.32. The van der Waals surface area contributed by atoms with Crippen molar-refractivity contribution >= 4 is 46.4 Å². The summed E-state index contributed by atoms with van der Waals surface area (Å²) in [5, 5.41) is 12.8. The molecular formula is C26H21FN4O4S. The second-order valence-electron chi connectivity index (χ2n) is 8.14. The molecule has 0 aliphatic carbocycles. The molecule has 10 heteroatoms. The van der Waals surface area contributed by atoms with Crippen molar-refractivity contribution in [3.05, 3.63) is 90.1 Å². The predicted octanol–water partition coefficient (Wildman–Crippen LogP) is 1.86. The zero-order valence-corrected chi connectivity index (χ0v) is 20.4. The molecule has 0 saturated carbocycles. The number of aryl methyl sites for hydroxylation is 2. The van der Waals surface area contributed by atoms with Crippen LogP contribution in [-0.2, 0) is 14.3 Å². The number of hydrogen-bond acceptors (Lipinski definition) is 7. The standard InChI is InChI=1S/C26H21FN4O4S/c1-13-4-9-17(10-14(13)2)30-24(33)22-21(15-5-7-16(27)8-6-15)18(12-28)23(29)31-25(34)19(36-26(22)31)11-20(32)35-3/h4-11,21H,29H2,1-3H3,(H,30,33)/b19-11-/t21-/m1/s1. The van der Waals surface area contributed by atoms with E-state index in [4.69, 9.17) is 5.73 Å². The number of hydrogen-bond donors (Lipinski definition) is 2. The largest absolute Gasteiger partial charge is 0.466 e. The maximum atomic E-state index is 13.7. The minimum Gasteiger partial charge on any atom is -0.466 e. The van der Waals surface area contributed by atoms with Crippen LogP contribution < -0.4 is 25.8 Å². The summed E-state index contributed by atoms with van der Waals surface area (Å²) < 4.78 is 19.5. The van der Waals surface area contributed by atoms with Gasteiger partial charge in [0, 0.05) is 11.8 Å². The molecule has 3 aromatic rings. The van der Waals surface area contributed by atoms with Crippen LogP contribution in [0.1, 0.15) is 22.6 Å². The van der Waals surface area contributed by atoms with E-state index in [1.165, 1.54) is 31.4 Å². The number of amides is 1. The van der Waals surface area contributed by atoms with Crippen LogP contribution in [0.15, 0.2) is 52.8 Å². The summed E-state index contributed by atoms with van der Waals surface area (Å²) in [6, 6.07) is 12.8. The lowest BCUT2D eigenvalue weighted by Crippen LogP contribution is -2.40. The smallest absolute Gasteiger partial charge is 0.332 e. The van der Waals surface area contributed by atoms with E-state index in [9.17, 15) is 24.0 Å². The molecule has 36 heavy (non-hydrogen) atoms. The Kier molecular flexibility index (Phi) is 6.59. The van der Waals surface area contributed by atoms with Crippen LogP contribution in [0.4, 0.5) is 10.1 Å². The summed E-state index contributed by atoms with van der Waals surface area (Å²) in [4.78, 5) is 38.7. The summed E-state index contributed by atoms with van der Waals surface area (Å²) >= 11 is 0.875. The third-order valence-corrected chi connectivity index (χ3v) is 7.04. The summed E-state index contributed by atoms with van der Waals surface area (Å²) in [5.41, 5.74) is 8.57.